The zero-order valence-electron chi connectivity index (χ0n) is 13.2. The molecule has 0 aromatic rings. The first-order valence-corrected chi connectivity index (χ1v) is 7.37. The van der Waals surface area contributed by atoms with Crippen LogP contribution in [0.5, 0.6) is 0 Å². The van der Waals surface area contributed by atoms with Crippen molar-refractivity contribution < 1.29 is 19.4 Å². The summed E-state index contributed by atoms with van der Waals surface area (Å²) in [6, 6.07) is 0. The molecule has 1 aliphatic rings. The number of carbonyl (C=O) groups is 2. The van der Waals surface area contributed by atoms with Crippen LogP contribution in [0.2, 0.25) is 0 Å². The van der Waals surface area contributed by atoms with Crippen molar-refractivity contribution in [3.05, 3.63) is 0 Å². The molecule has 5 heteroatoms. The van der Waals surface area contributed by atoms with E-state index in [1.165, 1.54) is 0 Å². The fourth-order valence-corrected chi connectivity index (χ4v) is 2.79. The second kappa shape index (κ2) is 6.12. The Kier molecular flexibility index (Phi) is 5.19. The molecule has 1 aliphatic carbocycles. The van der Waals surface area contributed by atoms with Crippen LogP contribution >= 0.6 is 0 Å². The molecule has 1 saturated carbocycles. The van der Waals surface area contributed by atoms with E-state index in [4.69, 9.17) is 4.74 Å². The molecule has 0 saturated heterocycles. The number of hydrogen-bond acceptors (Lipinski definition) is 3. The van der Waals surface area contributed by atoms with Crippen molar-refractivity contribution in [1.82, 2.24) is 5.32 Å². The number of carboxylic acid groups (broad SMARTS) is 1. The summed E-state index contributed by atoms with van der Waals surface area (Å²) in [5, 5.41) is 12.3. The summed E-state index contributed by atoms with van der Waals surface area (Å²) in [4.78, 5) is 23.8. The molecule has 0 spiro atoms. The largest absolute Gasteiger partial charge is 0.479 e. The first-order valence-electron chi connectivity index (χ1n) is 7.37. The Morgan fingerprint density at radius 2 is 2.00 bits per heavy atom. The summed E-state index contributed by atoms with van der Waals surface area (Å²) in [6.07, 6.45) is 1.46. The van der Waals surface area contributed by atoms with Crippen molar-refractivity contribution in [2.45, 2.75) is 65.5 Å². The van der Waals surface area contributed by atoms with E-state index in [0.717, 1.165) is 6.42 Å². The minimum Gasteiger partial charge on any atom is -0.479 e. The van der Waals surface area contributed by atoms with Gasteiger partial charge in [0.25, 0.3) is 0 Å². The van der Waals surface area contributed by atoms with Gasteiger partial charge in [-0.2, -0.15) is 0 Å². The van der Waals surface area contributed by atoms with Crippen LogP contribution in [0.1, 0.15) is 53.9 Å². The molecule has 0 radical (unpaired) electrons. The van der Waals surface area contributed by atoms with E-state index in [1.54, 1.807) is 0 Å². The molecule has 5 nitrogen and oxygen atoms in total. The Morgan fingerprint density at radius 3 is 2.40 bits per heavy atom. The normalized spacial score (nSPS) is 29.4. The summed E-state index contributed by atoms with van der Waals surface area (Å²) >= 11 is 0. The minimum atomic E-state index is -1.21. The number of nitrogens with one attached hydrogen (secondary N) is 1. The summed E-state index contributed by atoms with van der Waals surface area (Å²) in [5.74, 6) is -0.910. The van der Waals surface area contributed by atoms with E-state index in [0.29, 0.717) is 19.4 Å². The van der Waals surface area contributed by atoms with Gasteiger partial charge in [0.15, 0.2) is 0 Å². The second-order valence-corrected chi connectivity index (χ2v) is 6.35. The summed E-state index contributed by atoms with van der Waals surface area (Å²) in [5.41, 5.74) is -1.82. The smallest absolute Gasteiger partial charge is 0.330 e. The number of hydrogen-bond donors (Lipinski definition) is 2. The lowest BCUT2D eigenvalue weighted by atomic mass is 9.54. The number of carboxylic acids is 1. The Labute approximate surface area is 121 Å². The van der Waals surface area contributed by atoms with E-state index < -0.39 is 16.9 Å². The molecule has 3 unspecified atom stereocenters. The highest BCUT2D eigenvalue weighted by Crippen LogP contribution is 2.51. The molecule has 0 heterocycles. The predicted octanol–water partition coefficient (Wildman–Crippen LogP) is 2.20. The minimum absolute atomic E-state index is 0.132. The van der Waals surface area contributed by atoms with E-state index in [9.17, 15) is 14.7 Å². The number of rotatable bonds is 7. The van der Waals surface area contributed by atoms with Crippen LogP contribution in [-0.2, 0) is 14.3 Å². The third-order valence-corrected chi connectivity index (χ3v) is 4.71. The molecule has 1 fully saturated rings. The summed E-state index contributed by atoms with van der Waals surface area (Å²) in [6.45, 7) is 10.1. The maximum atomic E-state index is 12.1. The Balaban J connectivity index is 2.81. The van der Waals surface area contributed by atoms with Crippen LogP contribution < -0.4 is 5.32 Å². The average Bonchev–Trinajstić information content (AvgIpc) is 2.36. The quantitative estimate of drug-likeness (QED) is 0.752. The number of aliphatic carboxylic acids is 1. The topological polar surface area (TPSA) is 75.6 Å². The maximum absolute atomic E-state index is 12.1. The van der Waals surface area contributed by atoms with Gasteiger partial charge in [0.2, 0.25) is 5.91 Å². The number of ether oxygens (including phenoxy) is 1. The predicted molar refractivity (Wildman–Crippen MR) is 76.4 cm³/mol. The van der Waals surface area contributed by atoms with E-state index >= 15 is 0 Å². The van der Waals surface area contributed by atoms with Crippen molar-refractivity contribution in [2.75, 3.05) is 6.61 Å². The molecule has 20 heavy (non-hydrogen) atoms. The fourth-order valence-electron chi connectivity index (χ4n) is 2.79. The third-order valence-electron chi connectivity index (χ3n) is 4.71. The molecule has 0 bridgehead atoms. The molecule has 3 atom stereocenters. The molecular weight excluding hydrogens is 258 g/mol. The van der Waals surface area contributed by atoms with Gasteiger partial charge >= 0.3 is 5.97 Å². The lowest BCUT2D eigenvalue weighted by Crippen LogP contribution is -2.76. The lowest BCUT2D eigenvalue weighted by Gasteiger charge is -2.58. The van der Waals surface area contributed by atoms with Gasteiger partial charge in [-0.25, -0.2) is 4.79 Å². The molecule has 1 amide bonds. The third kappa shape index (κ3) is 2.82. The Hall–Kier alpha value is -1.10. The van der Waals surface area contributed by atoms with E-state index in [-0.39, 0.29) is 17.9 Å². The highest BCUT2D eigenvalue weighted by molar-refractivity contribution is 5.89. The van der Waals surface area contributed by atoms with Gasteiger partial charge in [-0.1, -0.05) is 34.1 Å². The highest BCUT2D eigenvalue weighted by atomic mass is 16.5. The maximum Gasteiger partial charge on any atom is 0.330 e. The van der Waals surface area contributed by atoms with Crippen molar-refractivity contribution in [2.24, 2.45) is 11.3 Å². The molecule has 0 aromatic carbocycles. The van der Waals surface area contributed by atoms with Crippen LogP contribution in [0.4, 0.5) is 0 Å². The van der Waals surface area contributed by atoms with Crippen molar-refractivity contribution in [1.29, 1.82) is 0 Å². The van der Waals surface area contributed by atoms with Gasteiger partial charge in [0.05, 0.1) is 6.10 Å². The SMILES string of the molecule is CCOC1CC(NC(=O)CC(C)CC)(C(=O)O)C1(C)C. The van der Waals surface area contributed by atoms with Crippen LogP contribution in [0.25, 0.3) is 0 Å². The summed E-state index contributed by atoms with van der Waals surface area (Å²) in [7, 11) is 0. The van der Waals surface area contributed by atoms with Gasteiger partial charge in [0, 0.05) is 24.9 Å². The number of amides is 1. The molecule has 2 N–H and O–H groups in total. The Bertz CT molecular complexity index is 380. The van der Waals surface area contributed by atoms with Gasteiger partial charge in [0.1, 0.15) is 5.54 Å². The van der Waals surface area contributed by atoms with E-state index in [2.05, 4.69) is 5.32 Å². The van der Waals surface area contributed by atoms with Gasteiger partial charge in [-0.05, 0) is 12.8 Å². The Morgan fingerprint density at radius 1 is 1.40 bits per heavy atom. The van der Waals surface area contributed by atoms with Crippen molar-refractivity contribution >= 4 is 11.9 Å². The van der Waals surface area contributed by atoms with Crippen molar-refractivity contribution in [3.63, 3.8) is 0 Å². The molecule has 116 valence electrons. The second-order valence-electron chi connectivity index (χ2n) is 6.35. The fraction of sp³-hybridized carbons (Fsp3) is 0.867. The molecule has 0 aliphatic heterocycles. The van der Waals surface area contributed by atoms with Crippen LogP contribution in [-0.4, -0.2) is 35.2 Å². The standard InChI is InChI=1S/C15H27NO4/c1-6-10(3)8-12(17)16-15(13(18)19)9-11(20-7-2)14(15,4)5/h10-11H,6-9H2,1-5H3,(H,16,17)(H,18,19). The molecular formula is C15H27NO4. The highest BCUT2D eigenvalue weighted by Gasteiger charge is 2.66. The average molecular weight is 285 g/mol. The lowest BCUT2D eigenvalue weighted by molar-refractivity contribution is -0.194. The van der Waals surface area contributed by atoms with Gasteiger partial charge in [-0.3, -0.25) is 4.79 Å². The van der Waals surface area contributed by atoms with Crippen molar-refractivity contribution in [3.8, 4) is 0 Å². The zero-order valence-corrected chi connectivity index (χ0v) is 13.2. The zero-order chi connectivity index (χ0) is 15.6. The molecule has 0 aromatic heterocycles. The van der Waals surface area contributed by atoms with Crippen LogP contribution in [0.15, 0.2) is 0 Å². The first-order chi connectivity index (χ1) is 9.21. The summed E-state index contributed by atoms with van der Waals surface area (Å²) < 4.78 is 5.57. The monoisotopic (exact) mass is 285 g/mol. The van der Waals surface area contributed by atoms with E-state index in [1.807, 2.05) is 34.6 Å². The number of carbonyl (C=O) groups excluding carboxylic acids is 1. The van der Waals surface area contributed by atoms with Crippen LogP contribution in [0.3, 0.4) is 0 Å². The van der Waals surface area contributed by atoms with Gasteiger partial charge in [-0.15, -0.1) is 0 Å². The first kappa shape index (κ1) is 17.0. The van der Waals surface area contributed by atoms with Crippen LogP contribution in [0, 0.1) is 11.3 Å². The molecule has 1 rings (SSSR count). The van der Waals surface area contributed by atoms with Gasteiger partial charge < -0.3 is 15.2 Å².